The highest BCUT2D eigenvalue weighted by Crippen LogP contribution is 2.40. The van der Waals surface area contributed by atoms with Crippen LogP contribution in [0.2, 0.25) is 0 Å². The molecule has 1 heterocycles. The molecule has 2 aromatic rings. The summed E-state index contributed by atoms with van der Waals surface area (Å²) in [5, 5.41) is 0. The monoisotopic (exact) mass is 480 g/mol. The molecule has 35 heavy (non-hydrogen) atoms. The fraction of sp³-hybridized carbons (Fsp3) is 0.517. The van der Waals surface area contributed by atoms with E-state index in [1.165, 1.54) is 25.7 Å². The first kappa shape index (κ1) is 26.6. The molecule has 0 spiro atoms. The van der Waals surface area contributed by atoms with Gasteiger partial charge in [-0.3, -0.25) is 9.80 Å². The summed E-state index contributed by atoms with van der Waals surface area (Å²) in [5.41, 5.74) is 3.23. The minimum Gasteiger partial charge on any atom is -0.449 e. The van der Waals surface area contributed by atoms with Crippen LogP contribution in [0.4, 0.5) is 21.0 Å². The van der Waals surface area contributed by atoms with Crippen molar-refractivity contribution in [3.63, 3.8) is 0 Å². The van der Waals surface area contributed by atoms with Crippen molar-refractivity contribution < 1.29 is 19.1 Å². The molecule has 0 N–H and O–H groups in total. The molecule has 1 aliphatic heterocycles. The number of anilines is 2. The Kier molecular flexibility index (Phi) is 10.9. The van der Waals surface area contributed by atoms with Crippen molar-refractivity contribution in [1.29, 1.82) is 0 Å². The summed E-state index contributed by atoms with van der Waals surface area (Å²) in [5.74, 6) is 0. The Morgan fingerprint density at radius 3 is 1.46 bits per heavy atom. The van der Waals surface area contributed by atoms with E-state index in [0.29, 0.717) is 13.2 Å². The van der Waals surface area contributed by atoms with Gasteiger partial charge in [0.2, 0.25) is 0 Å². The number of ether oxygens (including phenoxy) is 2. The number of hydrogen-bond acceptors (Lipinski definition) is 4. The summed E-state index contributed by atoms with van der Waals surface area (Å²) in [7, 11) is 0. The average Bonchev–Trinajstić information content (AvgIpc) is 3.03. The molecule has 0 saturated heterocycles. The fourth-order valence-electron chi connectivity index (χ4n) is 4.37. The van der Waals surface area contributed by atoms with E-state index in [1.807, 2.05) is 48.5 Å². The first-order chi connectivity index (χ1) is 17.2. The van der Waals surface area contributed by atoms with E-state index >= 15 is 0 Å². The predicted molar refractivity (Wildman–Crippen MR) is 142 cm³/mol. The van der Waals surface area contributed by atoms with Crippen molar-refractivity contribution in [2.45, 2.75) is 78.1 Å². The number of rotatable bonds is 12. The van der Waals surface area contributed by atoms with Crippen LogP contribution in [0.3, 0.4) is 0 Å². The van der Waals surface area contributed by atoms with Gasteiger partial charge in [0.15, 0.2) is 0 Å². The standard InChI is InChI=1S/C29H40N2O4/c1-3-5-7-9-15-21-34-28(32)30-23-31(29(33)35-22-16-10-8-6-4-2)27-20-14-12-18-25(27)24-17-11-13-19-26(24)30/h11-14,17-20H,3-10,15-16,21-23H2,1-2H3. The van der Waals surface area contributed by atoms with Crippen molar-refractivity contribution in [3.05, 3.63) is 48.5 Å². The SMILES string of the molecule is CCCCCCCOC(=O)N1CN(C(=O)OCCCCCCC)c2ccccc2-c2ccccc21. The van der Waals surface area contributed by atoms with Crippen molar-refractivity contribution >= 4 is 23.6 Å². The summed E-state index contributed by atoms with van der Waals surface area (Å²) >= 11 is 0. The highest BCUT2D eigenvalue weighted by atomic mass is 16.6. The van der Waals surface area contributed by atoms with Crippen LogP contribution in [-0.2, 0) is 9.47 Å². The number of fused-ring (bicyclic) bond motifs is 3. The summed E-state index contributed by atoms with van der Waals surface area (Å²) in [6, 6.07) is 15.4. The molecule has 3 rings (SSSR count). The molecule has 190 valence electrons. The van der Waals surface area contributed by atoms with E-state index in [2.05, 4.69) is 13.8 Å². The van der Waals surface area contributed by atoms with Gasteiger partial charge >= 0.3 is 12.2 Å². The van der Waals surface area contributed by atoms with Crippen LogP contribution in [-0.4, -0.2) is 32.1 Å². The van der Waals surface area contributed by atoms with Gasteiger partial charge < -0.3 is 9.47 Å². The van der Waals surface area contributed by atoms with Crippen molar-refractivity contribution in [2.24, 2.45) is 0 Å². The normalized spacial score (nSPS) is 12.5. The molecule has 0 fully saturated rings. The highest BCUT2D eigenvalue weighted by molar-refractivity contribution is 6.03. The second kappa shape index (κ2) is 14.4. The molecule has 0 bridgehead atoms. The molecule has 0 aromatic heterocycles. The molecule has 0 radical (unpaired) electrons. The lowest BCUT2D eigenvalue weighted by molar-refractivity contribution is 0.146. The number of nitrogens with zero attached hydrogens (tertiary/aromatic N) is 2. The molecule has 0 atom stereocenters. The van der Waals surface area contributed by atoms with Gasteiger partial charge in [0.05, 0.1) is 24.6 Å². The molecule has 0 saturated carbocycles. The van der Waals surface area contributed by atoms with Crippen LogP contribution in [0.1, 0.15) is 78.1 Å². The third kappa shape index (κ3) is 7.48. The van der Waals surface area contributed by atoms with Crippen LogP contribution in [0, 0.1) is 0 Å². The van der Waals surface area contributed by atoms with Crippen LogP contribution < -0.4 is 9.80 Å². The average molecular weight is 481 g/mol. The Morgan fingerprint density at radius 1 is 0.629 bits per heavy atom. The van der Waals surface area contributed by atoms with E-state index in [9.17, 15) is 9.59 Å². The molecule has 0 aliphatic carbocycles. The van der Waals surface area contributed by atoms with Crippen LogP contribution in [0.25, 0.3) is 11.1 Å². The van der Waals surface area contributed by atoms with E-state index in [0.717, 1.165) is 61.0 Å². The summed E-state index contributed by atoms with van der Waals surface area (Å²) in [6.07, 6.45) is 9.91. The van der Waals surface area contributed by atoms with Gasteiger partial charge in [-0.05, 0) is 25.0 Å². The lowest BCUT2D eigenvalue weighted by Gasteiger charge is -2.27. The lowest BCUT2D eigenvalue weighted by atomic mass is 10.0. The first-order valence-corrected chi connectivity index (χ1v) is 13.2. The number of benzene rings is 2. The number of unbranched alkanes of at least 4 members (excludes halogenated alkanes) is 8. The third-order valence-corrected chi connectivity index (χ3v) is 6.35. The molecule has 6 nitrogen and oxygen atoms in total. The Labute approximate surface area is 210 Å². The number of carbonyl (C=O) groups is 2. The summed E-state index contributed by atoms with van der Waals surface area (Å²) < 4.78 is 11.3. The molecule has 2 amide bonds. The van der Waals surface area contributed by atoms with Gasteiger partial charge in [-0.15, -0.1) is 0 Å². The highest BCUT2D eigenvalue weighted by Gasteiger charge is 2.32. The lowest BCUT2D eigenvalue weighted by Crippen LogP contribution is -2.44. The van der Waals surface area contributed by atoms with E-state index in [1.54, 1.807) is 9.80 Å². The Morgan fingerprint density at radius 2 is 1.03 bits per heavy atom. The maximum Gasteiger partial charge on any atom is 0.415 e. The zero-order valence-corrected chi connectivity index (χ0v) is 21.3. The second-order valence-corrected chi connectivity index (χ2v) is 9.09. The topological polar surface area (TPSA) is 59.1 Å². The first-order valence-electron chi connectivity index (χ1n) is 13.2. The molecule has 1 aliphatic rings. The minimum absolute atomic E-state index is 0.0391. The quantitative estimate of drug-likeness (QED) is 0.288. The molecule has 2 aromatic carbocycles. The second-order valence-electron chi connectivity index (χ2n) is 9.09. The zero-order valence-electron chi connectivity index (χ0n) is 21.3. The smallest absolute Gasteiger partial charge is 0.415 e. The number of para-hydroxylation sites is 2. The third-order valence-electron chi connectivity index (χ3n) is 6.35. The van der Waals surface area contributed by atoms with Gasteiger partial charge in [0.25, 0.3) is 0 Å². The van der Waals surface area contributed by atoms with Gasteiger partial charge in [-0.25, -0.2) is 9.59 Å². The van der Waals surface area contributed by atoms with Gasteiger partial charge in [0, 0.05) is 11.1 Å². The van der Waals surface area contributed by atoms with E-state index in [-0.39, 0.29) is 6.67 Å². The fourth-order valence-corrected chi connectivity index (χ4v) is 4.37. The molecule has 0 unspecified atom stereocenters. The predicted octanol–water partition coefficient (Wildman–Crippen LogP) is 8.15. The van der Waals surface area contributed by atoms with Crippen LogP contribution in [0.15, 0.2) is 48.5 Å². The number of amides is 2. The van der Waals surface area contributed by atoms with Gasteiger partial charge in [0.1, 0.15) is 6.67 Å². The Hall–Kier alpha value is -3.02. The summed E-state index contributed by atoms with van der Waals surface area (Å²) in [6.45, 7) is 5.14. The molecular weight excluding hydrogens is 440 g/mol. The van der Waals surface area contributed by atoms with E-state index < -0.39 is 12.2 Å². The van der Waals surface area contributed by atoms with Gasteiger partial charge in [-0.2, -0.15) is 0 Å². The van der Waals surface area contributed by atoms with E-state index in [4.69, 9.17) is 9.47 Å². The van der Waals surface area contributed by atoms with Gasteiger partial charge in [-0.1, -0.05) is 102 Å². The van der Waals surface area contributed by atoms with Crippen molar-refractivity contribution in [2.75, 3.05) is 29.7 Å². The number of hydrogen-bond donors (Lipinski definition) is 0. The van der Waals surface area contributed by atoms with Crippen molar-refractivity contribution in [1.82, 2.24) is 0 Å². The Bertz CT molecular complexity index is 870. The Balaban J connectivity index is 1.75. The maximum atomic E-state index is 13.2. The largest absolute Gasteiger partial charge is 0.449 e. The van der Waals surface area contributed by atoms with Crippen LogP contribution >= 0.6 is 0 Å². The van der Waals surface area contributed by atoms with Crippen molar-refractivity contribution in [3.8, 4) is 11.1 Å². The summed E-state index contributed by atoms with van der Waals surface area (Å²) in [4.78, 5) is 29.5. The molecule has 6 heteroatoms. The molecular formula is C29H40N2O4. The maximum absolute atomic E-state index is 13.2. The number of carbonyl (C=O) groups excluding carboxylic acids is 2. The van der Waals surface area contributed by atoms with Crippen LogP contribution in [0.5, 0.6) is 0 Å². The zero-order chi connectivity index (χ0) is 24.9. The minimum atomic E-state index is -0.446.